The summed E-state index contributed by atoms with van der Waals surface area (Å²) in [5, 5.41) is 3.35. The number of rotatable bonds is 5. The largest absolute Gasteiger partial charge is 0.493 e. The van der Waals surface area contributed by atoms with Gasteiger partial charge in [0.25, 0.3) is 0 Å². The van der Waals surface area contributed by atoms with E-state index in [9.17, 15) is 4.39 Å². The summed E-state index contributed by atoms with van der Waals surface area (Å²) >= 11 is 0. The molecular formula is C9H10FN3O. The lowest BCUT2D eigenvalue weighted by molar-refractivity contribution is 0.312. The van der Waals surface area contributed by atoms with E-state index in [2.05, 4.69) is 10.0 Å². The fraction of sp³-hybridized carbons (Fsp3) is 0.333. The lowest BCUT2D eigenvalue weighted by Crippen LogP contribution is -1.98. The minimum Gasteiger partial charge on any atom is -0.493 e. The number of hydrogen-bond acceptors (Lipinski definition) is 2. The van der Waals surface area contributed by atoms with E-state index in [-0.39, 0.29) is 5.82 Å². The Kier molecular flexibility index (Phi) is 4.31. The molecule has 0 aromatic heterocycles. The highest BCUT2D eigenvalue weighted by molar-refractivity contribution is 5.22. The maximum Gasteiger partial charge on any atom is 0.126 e. The van der Waals surface area contributed by atoms with Crippen LogP contribution in [0.25, 0.3) is 10.4 Å². The Morgan fingerprint density at radius 2 is 2.36 bits per heavy atom. The predicted molar refractivity (Wildman–Crippen MR) is 50.5 cm³/mol. The smallest absolute Gasteiger partial charge is 0.126 e. The van der Waals surface area contributed by atoms with E-state index < -0.39 is 0 Å². The molecule has 0 aliphatic heterocycles. The van der Waals surface area contributed by atoms with Crippen molar-refractivity contribution in [2.24, 2.45) is 5.11 Å². The standard InChI is InChI=1S/C9H10FN3O/c10-8-3-1-4-9(7-8)14-6-2-5-12-13-11/h1,3-4,7H,2,5-6H2. The van der Waals surface area contributed by atoms with Gasteiger partial charge in [-0.2, -0.15) is 0 Å². The average molecular weight is 195 g/mol. The van der Waals surface area contributed by atoms with Gasteiger partial charge in [-0.15, -0.1) is 0 Å². The summed E-state index contributed by atoms with van der Waals surface area (Å²) in [5.41, 5.74) is 7.99. The average Bonchev–Trinajstić information content (AvgIpc) is 2.18. The van der Waals surface area contributed by atoms with Crippen molar-refractivity contribution in [3.8, 4) is 5.75 Å². The molecule has 0 heterocycles. The first-order chi connectivity index (χ1) is 6.83. The van der Waals surface area contributed by atoms with Crippen molar-refractivity contribution in [2.75, 3.05) is 13.2 Å². The molecule has 1 aromatic rings. The van der Waals surface area contributed by atoms with Gasteiger partial charge in [0.2, 0.25) is 0 Å². The third-order valence-corrected chi connectivity index (χ3v) is 1.53. The lowest BCUT2D eigenvalue weighted by atomic mass is 10.3. The number of ether oxygens (including phenoxy) is 1. The highest BCUT2D eigenvalue weighted by Gasteiger charge is 1.94. The molecule has 14 heavy (non-hydrogen) atoms. The summed E-state index contributed by atoms with van der Waals surface area (Å²) in [6.07, 6.45) is 0.626. The molecule has 0 aliphatic carbocycles. The van der Waals surface area contributed by atoms with Crippen molar-refractivity contribution < 1.29 is 9.13 Å². The Balaban J connectivity index is 2.27. The van der Waals surface area contributed by atoms with Gasteiger partial charge in [0.15, 0.2) is 0 Å². The van der Waals surface area contributed by atoms with Crippen LogP contribution in [-0.4, -0.2) is 13.2 Å². The zero-order valence-corrected chi connectivity index (χ0v) is 7.56. The molecule has 0 aliphatic rings. The topological polar surface area (TPSA) is 58.0 Å². The minimum atomic E-state index is -0.322. The van der Waals surface area contributed by atoms with Gasteiger partial charge < -0.3 is 4.74 Å². The first-order valence-electron chi connectivity index (χ1n) is 4.22. The zero-order chi connectivity index (χ0) is 10.2. The van der Waals surface area contributed by atoms with Gasteiger partial charge in [-0.3, -0.25) is 0 Å². The normalized spacial score (nSPS) is 9.21. The second-order valence-electron chi connectivity index (χ2n) is 2.61. The van der Waals surface area contributed by atoms with E-state index in [0.29, 0.717) is 25.3 Å². The molecule has 5 heteroatoms. The Labute approximate surface area is 80.9 Å². The quantitative estimate of drug-likeness (QED) is 0.308. The molecular weight excluding hydrogens is 185 g/mol. The third kappa shape index (κ3) is 3.78. The van der Waals surface area contributed by atoms with Gasteiger partial charge in [0.1, 0.15) is 11.6 Å². The van der Waals surface area contributed by atoms with Crippen molar-refractivity contribution in [3.63, 3.8) is 0 Å². The highest BCUT2D eigenvalue weighted by atomic mass is 19.1. The van der Waals surface area contributed by atoms with Gasteiger partial charge in [0, 0.05) is 17.5 Å². The molecule has 0 saturated heterocycles. The predicted octanol–water partition coefficient (Wildman–Crippen LogP) is 2.90. The van der Waals surface area contributed by atoms with Crippen molar-refractivity contribution >= 4 is 0 Å². The highest BCUT2D eigenvalue weighted by Crippen LogP contribution is 2.11. The van der Waals surface area contributed by atoms with E-state index in [1.165, 1.54) is 12.1 Å². The number of benzene rings is 1. The summed E-state index contributed by atoms with van der Waals surface area (Å²) in [7, 11) is 0. The number of hydrogen-bond donors (Lipinski definition) is 0. The number of nitrogens with zero attached hydrogens (tertiary/aromatic N) is 3. The molecule has 0 saturated carbocycles. The number of halogens is 1. The van der Waals surface area contributed by atoms with Crippen LogP contribution >= 0.6 is 0 Å². The summed E-state index contributed by atoms with van der Waals surface area (Å²) < 4.78 is 17.9. The van der Waals surface area contributed by atoms with Crippen molar-refractivity contribution in [2.45, 2.75) is 6.42 Å². The van der Waals surface area contributed by atoms with Crippen molar-refractivity contribution in [1.82, 2.24) is 0 Å². The molecule has 0 N–H and O–H groups in total. The van der Waals surface area contributed by atoms with Crippen molar-refractivity contribution in [3.05, 3.63) is 40.5 Å². The lowest BCUT2D eigenvalue weighted by Gasteiger charge is -2.03. The van der Waals surface area contributed by atoms with E-state index in [4.69, 9.17) is 10.3 Å². The maximum atomic E-state index is 12.7. The summed E-state index contributed by atoms with van der Waals surface area (Å²) in [4.78, 5) is 2.60. The molecule has 0 spiro atoms. The molecule has 0 radical (unpaired) electrons. The van der Waals surface area contributed by atoms with Gasteiger partial charge in [0.05, 0.1) is 6.61 Å². The van der Waals surface area contributed by atoms with Gasteiger partial charge in [-0.05, 0) is 24.1 Å². The molecule has 4 nitrogen and oxygen atoms in total. The maximum absolute atomic E-state index is 12.7. The minimum absolute atomic E-state index is 0.322. The Bertz CT molecular complexity index is 337. The van der Waals surface area contributed by atoms with Crippen LogP contribution in [0.2, 0.25) is 0 Å². The van der Waals surface area contributed by atoms with Crippen LogP contribution in [0.4, 0.5) is 4.39 Å². The molecule has 0 atom stereocenters. The Hall–Kier alpha value is -1.74. The van der Waals surface area contributed by atoms with E-state index in [0.717, 1.165) is 0 Å². The van der Waals surface area contributed by atoms with Crippen LogP contribution in [-0.2, 0) is 0 Å². The molecule has 0 unspecified atom stereocenters. The summed E-state index contributed by atoms with van der Waals surface area (Å²) in [6, 6.07) is 5.93. The van der Waals surface area contributed by atoms with Crippen molar-refractivity contribution in [1.29, 1.82) is 0 Å². The Morgan fingerprint density at radius 1 is 1.50 bits per heavy atom. The zero-order valence-electron chi connectivity index (χ0n) is 7.56. The molecule has 0 amide bonds. The Morgan fingerprint density at radius 3 is 3.07 bits per heavy atom. The molecule has 1 aromatic carbocycles. The van der Waals surface area contributed by atoms with Crippen LogP contribution in [0.1, 0.15) is 6.42 Å². The summed E-state index contributed by atoms with van der Waals surface area (Å²) in [6.45, 7) is 0.814. The monoisotopic (exact) mass is 195 g/mol. The fourth-order valence-corrected chi connectivity index (χ4v) is 0.927. The van der Waals surface area contributed by atoms with Crippen LogP contribution in [0.3, 0.4) is 0 Å². The first kappa shape index (κ1) is 10.3. The molecule has 0 bridgehead atoms. The van der Waals surface area contributed by atoms with Gasteiger partial charge >= 0.3 is 0 Å². The van der Waals surface area contributed by atoms with Gasteiger partial charge in [-0.1, -0.05) is 11.2 Å². The SMILES string of the molecule is [N-]=[N+]=NCCCOc1cccc(F)c1. The van der Waals surface area contributed by atoms with Crippen LogP contribution in [0.5, 0.6) is 5.75 Å². The van der Waals surface area contributed by atoms with E-state index in [1.54, 1.807) is 12.1 Å². The van der Waals surface area contributed by atoms with Gasteiger partial charge in [-0.25, -0.2) is 4.39 Å². The fourth-order valence-electron chi connectivity index (χ4n) is 0.927. The molecule has 0 fully saturated rings. The van der Waals surface area contributed by atoms with E-state index >= 15 is 0 Å². The first-order valence-corrected chi connectivity index (χ1v) is 4.22. The second kappa shape index (κ2) is 5.83. The third-order valence-electron chi connectivity index (χ3n) is 1.53. The number of azide groups is 1. The van der Waals surface area contributed by atoms with Crippen LogP contribution < -0.4 is 4.74 Å². The summed E-state index contributed by atoms with van der Waals surface area (Å²) in [5.74, 6) is 0.170. The molecule has 1 rings (SSSR count). The van der Waals surface area contributed by atoms with E-state index in [1.807, 2.05) is 0 Å². The van der Waals surface area contributed by atoms with Crippen LogP contribution in [0, 0.1) is 5.82 Å². The second-order valence-corrected chi connectivity index (χ2v) is 2.61. The van der Waals surface area contributed by atoms with Crippen LogP contribution in [0.15, 0.2) is 29.4 Å². The molecule has 74 valence electrons.